The van der Waals surface area contributed by atoms with Crippen molar-refractivity contribution < 1.29 is 9.59 Å². The van der Waals surface area contributed by atoms with Crippen LogP contribution in [-0.2, 0) is 9.59 Å². The number of piperidine rings is 1. The Bertz CT molecular complexity index is 667. The van der Waals surface area contributed by atoms with Gasteiger partial charge in [-0.25, -0.2) is 0 Å². The largest absolute Gasteiger partial charge is 0.349 e. The number of carbonyl (C=O) groups excluding carboxylic acids is 2. The molecule has 1 aromatic carbocycles. The Morgan fingerprint density at radius 1 is 1.21 bits per heavy atom. The number of nitriles is 1. The number of amides is 2. The number of carbonyl (C=O) groups is 2. The zero-order chi connectivity index (χ0) is 17.1. The monoisotopic (exact) mass is 325 g/mol. The van der Waals surface area contributed by atoms with Gasteiger partial charge in [0.2, 0.25) is 11.8 Å². The van der Waals surface area contributed by atoms with E-state index in [9.17, 15) is 9.59 Å². The minimum absolute atomic E-state index is 0.0325. The Morgan fingerprint density at radius 3 is 2.54 bits per heavy atom. The number of likely N-dealkylation sites (tertiary alicyclic amines) is 1. The smallest absolute Gasteiger partial charge is 0.225 e. The maximum absolute atomic E-state index is 12.5. The second-order valence-corrected chi connectivity index (χ2v) is 6.84. The van der Waals surface area contributed by atoms with Crippen molar-refractivity contribution in [1.29, 1.82) is 5.26 Å². The number of benzene rings is 1. The highest BCUT2D eigenvalue weighted by Gasteiger charge is 2.36. The summed E-state index contributed by atoms with van der Waals surface area (Å²) in [7, 11) is 0. The molecular formula is C19H23N3O2. The molecule has 126 valence electrons. The highest BCUT2D eigenvalue weighted by molar-refractivity contribution is 5.82. The van der Waals surface area contributed by atoms with Gasteiger partial charge in [-0.1, -0.05) is 12.1 Å². The van der Waals surface area contributed by atoms with E-state index >= 15 is 0 Å². The van der Waals surface area contributed by atoms with Gasteiger partial charge in [0.05, 0.1) is 17.7 Å². The Labute approximate surface area is 142 Å². The summed E-state index contributed by atoms with van der Waals surface area (Å²) in [5, 5.41) is 12.0. The molecule has 1 aliphatic carbocycles. The second kappa shape index (κ2) is 7.04. The standard InChI is InChI=1S/C19H23N3O2/c1-13(17-4-2-3-14(11-17)12-20)21-18(23)15-7-9-22(10-8-15)19(24)16-5-6-16/h2-4,11,13,15-16H,5-10H2,1H3,(H,21,23)/t13-/m1/s1. The molecule has 0 aromatic heterocycles. The SMILES string of the molecule is C[C@@H](NC(=O)C1CCN(C(=O)C2CC2)CC1)c1cccc(C#N)c1. The minimum Gasteiger partial charge on any atom is -0.349 e. The fraction of sp³-hybridized carbons (Fsp3) is 0.526. The van der Waals surface area contributed by atoms with Gasteiger partial charge in [0, 0.05) is 24.9 Å². The van der Waals surface area contributed by atoms with Crippen molar-refractivity contribution in [2.24, 2.45) is 11.8 Å². The van der Waals surface area contributed by atoms with Crippen molar-refractivity contribution >= 4 is 11.8 Å². The van der Waals surface area contributed by atoms with E-state index in [0.717, 1.165) is 31.2 Å². The lowest BCUT2D eigenvalue weighted by atomic mass is 9.94. The van der Waals surface area contributed by atoms with E-state index in [0.29, 0.717) is 18.7 Å². The summed E-state index contributed by atoms with van der Waals surface area (Å²) in [5.41, 5.74) is 1.53. The molecule has 5 heteroatoms. The average Bonchev–Trinajstić information content (AvgIpc) is 3.46. The van der Waals surface area contributed by atoms with Crippen molar-refractivity contribution in [3.05, 3.63) is 35.4 Å². The summed E-state index contributed by atoms with van der Waals surface area (Å²) >= 11 is 0. The third-order valence-corrected chi connectivity index (χ3v) is 4.98. The summed E-state index contributed by atoms with van der Waals surface area (Å²) in [6, 6.07) is 9.30. The number of rotatable bonds is 4. The highest BCUT2D eigenvalue weighted by atomic mass is 16.2. The fourth-order valence-electron chi connectivity index (χ4n) is 3.24. The quantitative estimate of drug-likeness (QED) is 0.924. The first-order valence-corrected chi connectivity index (χ1v) is 8.67. The van der Waals surface area contributed by atoms with E-state index in [1.54, 1.807) is 6.07 Å². The number of nitrogens with zero attached hydrogens (tertiary/aromatic N) is 2. The molecule has 0 bridgehead atoms. The Balaban J connectivity index is 1.51. The van der Waals surface area contributed by atoms with Crippen molar-refractivity contribution in [1.82, 2.24) is 10.2 Å². The second-order valence-electron chi connectivity index (χ2n) is 6.84. The third-order valence-electron chi connectivity index (χ3n) is 4.98. The van der Waals surface area contributed by atoms with Crippen molar-refractivity contribution in [3.8, 4) is 6.07 Å². The van der Waals surface area contributed by atoms with Gasteiger partial charge in [0.1, 0.15) is 0 Å². The van der Waals surface area contributed by atoms with Crippen LogP contribution in [-0.4, -0.2) is 29.8 Å². The van der Waals surface area contributed by atoms with Gasteiger partial charge in [-0.3, -0.25) is 9.59 Å². The van der Waals surface area contributed by atoms with Crippen LogP contribution >= 0.6 is 0 Å². The molecule has 5 nitrogen and oxygen atoms in total. The van der Waals surface area contributed by atoms with Crippen molar-refractivity contribution in [2.45, 2.75) is 38.6 Å². The molecule has 1 N–H and O–H groups in total. The molecule has 2 aliphatic rings. The Morgan fingerprint density at radius 2 is 1.92 bits per heavy atom. The minimum atomic E-state index is -0.128. The molecule has 0 unspecified atom stereocenters. The van der Waals surface area contributed by atoms with Gasteiger partial charge in [0.15, 0.2) is 0 Å². The van der Waals surface area contributed by atoms with Crippen LogP contribution in [0.4, 0.5) is 0 Å². The molecule has 2 fully saturated rings. The van der Waals surface area contributed by atoms with E-state index in [1.165, 1.54) is 0 Å². The number of hydrogen-bond acceptors (Lipinski definition) is 3. The van der Waals surface area contributed by atoms with Gasteiger partial charge >= 0.3 is 0 Å². The van der Waals surface area contributed by atoms with Gasteiger partial charge in [-0.05, 0) is 50.3 Å². The highest BCUT2D eigenvalue weighted by Crippen LogP contribution is 2.32. The molecule has 1 aromatic rings. The van der Waals surface area contributed by atoms with Crippen LogP contribution < -0.4 is 5.32 Å². The van der Waals surface area contributed by atoms with Gasteiger partial charge < -0.3 is 10.2 Å². The molecule has 1 saturated heterocycles. The first-order chi connectivity index (χ1) is 11.6. The average molecular weight is 325 g/mol. The first kappa shape index (κ1) is 16.5. The molecule has 3 rings (SSSR count). The van der Waals surface area contributed by atoms with E-state index in [1.807, 2.05) is 30.0 Å². The lowest BCUT2D eigenvalue weighted by molar-refractivity contribution is -0.136. The third kappa shape index (κ3) is 3.76. The molecule has 2 amide bonds. The molecular weight excluding hydrogens is 302 g/mol. The Kier molecular flexibility index (Phi) is 4.84. The van der Waals surface area contributed by atoms with Crippen LogP contribution in [0.1, 0.15) is 49.8 Å². The maximum Gasteiger partial charge on any atom is 0.225 e. The van der Waals surface area contributed by atoms with Crippen LogP contribution in [0, 0.1) is 23.2 Å². The molecule has 24 heavy (non-hydrogen) atoms. The number of hydrogen-bond donors (Lipinski definition) is 1. The fourth-order valence-corrected chi connectivity index (χ4v) is 3.24. The van der Waals surface area contributed by atoms with Crippen LogP contribution in [0.3, 0.4) is 0 Å². The van der Waals surface area contributed by atoms with Crippen molar-refractivity contribution in [3.63, 3.8) is 0 Å². The molecule has 1 heterocycles. The normalized spacial score (nSPS) is 19.4. The zero-order valence-electron chi connectivity index (χ0n) is 14.0. The predicted octanol–water partition coefficient (Wildman–Crippen LogP) is 2.38. The molecule has 0 radical (unpaired) electrons. The maximum atomic E-state index is 12.5. The van der Waals surface area contributed by atoms with E-state index < -0.39 is 0 Å². The van der Waals surface area contributed by atoms with Crippen LogP contribution in [0.15, 0.2) is 24.3 Å². The lowest BCUT2D eigenvalue weighted by Gasteiger charge is -2.32. The van der Waals surface area contributed by atoms with Crippen LogP contribution in [0.2, 0.25) is 0 Å². The summed E-state index contributed by atoms with van der Waals surface area (Å²) < 4.78 is 0. The first-order valence-electron chi connectivity index (χ1n) is 8.67. The van der Waals surface area contributed by atoms with Gasteiger partial charge in [0.25, 0.3) is 0 Å². The number of nitrogens with one attached hydrogen (secondary N) is 1. The van der Waals surface area contributed by atoms with Crippen molar-refractivity contribution in [2.75, 3.05) is 13.1 Å². The summed E-state index contributed by atoms with van der Waals surface area (Å²) in [5.74, 6) is 0.539. The van der Waals surface area contributed by atoms with Gasteiger partial charge in [-0.15, -0.1) is 0 Å². The summed E-state index contributed by atoms with van der Waals surface area (Å²) in [6.07, 6.45) is 3.52. The summed E-state index contributed by atoms with van der Waals surface area (Å²) in [6.45, 7) is 3.30. The topological polar surface area (TPSA) is 73.2 Å². The summed E-state index contributed by atoms with van der Waals surface area (Å²) in [4.78, 5) is 26.5. The molecule has 1 atom stereocenters. The van der Waals surface area contributed by atoms with Crippen LogP contribution in [0.5, 0.6) is 0 Å². The molecule has 0 spiro atoms. The lowest BCUT2D eigenvalue weighted by Crippen LogP contribution is -2.44. The van der Waals surface area contributed by atoms with E-state index in [-0.39, 0.29) is 29.7 Å². The predicted molar refractivity (Wildman–Crippen MR) is 89.7 cm³/mol. The molecule has 1 aliphatic heterocycles. The Hall–Kier alpha value is -2.35. The zero-order valence-corrected chi connectivity index (χ0v) is 14.0. The van der Waals surface area contributed by atoms with Crippen LogP contribution in [0.25, 0.3) is 0 Å². The van der Waals surface area contributed by atoms with E-state index in [4.69, 9.17) is 5.26 Å². The van der Waals surface area contributed by atoms with E-state index in [2.05, 4.69) is 11.4 Å². The molecule has 1 saturated carbocycles. The van der Waals surface area contributed by atoms with Gasteiger partial charge in [-0.2, -0.15) is 5.26 Å².